The highest BCUT2D eigenvalue weighted by molar-refractivity contribution is 6.31. The van der Waals surface area contributed by atoms with E-state index in [9.17, 15) is 22.8 Å². The van der Waals surface area contributed by atoms with Crippen molar-refractivity contribution in [3.05, 3.63) is 63.3 Å². The molecule has 1 aromatic carbocycles. The highest BCUT2D eigenvalue weighted by Gasteiger charge is 2.33. The van der Waals surface area contributed by atoms with E-state index in [1.54, 1.807) is 6.92 Å². The number of halogens is 4. The molecule has 3 rings (SSSR count). The minimum atomic E-state index is -4.58. The van der Waals surface area contributed by atoms with Gasteiger partial charge in [-0.05, 0) is 36.8 Å². The summed E-state index contributed by atoms with van der Waals surface area (Å²) in [5.74, 6) is -0.312. The third-order valence-corrected chi connectivity index (χ3v) is 4.70. The SMILES string of the molecule is CC(c1ccc(C(F)(F)F)c(Cl)c1)n1cnc2ccc(NC(=O)CCO)n2c1=O. The first-order valence-corrected chi connectivity index (χ1v) is 8.87. The van der Waals surface area contributed by atoms with Gasteiger partial charge in [0.05, 0.1) is 29.7 Å². The van der Waals surface area contributed by atoms with Crippen LogP contribution in [0.5, 0.6) is 0 Å². The number of carbonyl (C=O) groups excluding carboxylic acids is 1. The zero-order valence-corrected chi connectivity index (χ0v) is 15.8. The Bertz CT molecular complexity index is 1120. The van der Waals surface area contributed by atoms with Gasteiger partial charge in [-0.1, -0.05) is 17.7 Å². The number of alkyl halides is 3. The van der Waals surface area contributed by atoms with E-state index in [1.165, 1.54) is 29.1 Å². The molecule has 7 nitrogen and oxygen atoms in total. The number of benzene rings is 1. The second-order valence-electron chi connectivity index (χ2n) is 6.28. The molecular weight excluding hydrogens is 413 g/mol. The van der Waals surface area contributed by atoms with Crippen LogP contribution in [0.3, 0.4) is 0 Å². The molecule has 2 aromatic heterocycles. The molecule has 0 radical (unpaired) electrons. The molecule has 11 heteroatoms. The summed E-state index contributed by atoms with van der Waals surface area (Å²) in [6, 6.07) is 5.60. The number of rotatable bonds is 5. The number of anilines is 1. The topological polar surface area (TPSA) is 88.6 Å². The number of aliphatic hydroxyl groups excluding tert-OH is 1. The lowest BCUT2D eigenvalue weighted by Gasteiger charge is -2.17. The van der Waals surface area contributed by atoms with Gasteiger partial charge in [0, 0.05) is 0 Å². The molecule has 0 fully saturated rings. The number of aromatic nitrogens is 3. The van der Waals surface area contributed by atoms with E-state index in [0.29, 0.717) is 5.56 Å². The molecule has 0 aliphatic heterocycles. The maximum absolute atomic E-state index is 12.9. The van der Waals surface area contributed by atoms with Gasteiger partial charge in [0.1, 0.15) is 17.8 Å². The standard InChI is InChI=1S/C18H16ClF3N4O3/c1-10(11-2-3-12(13(19)8-11)18(20,21)22)25-9-23-14-4-5-15(26(14)17(25)29)24-16(28)6-7-27/h2-5,8-10,27H,6-7H2,1H3,(H,24,28). The Morgan fingerprint density at radius 1 is 1.31 bits per heavy atom. The third kappa shape index (κ3) is 4.13. The van der Waals surface area contributed by atoms with E-state index >= 15 is 0 Å². The van der Waals surface area contributed by atoms with E-state index in [0.717, 1.165) is 16.5 Å². The molecule has 0 aliphatic rings. The zero-order valence-electron chi connectivity index (χ0n) is 15.1. The van der Waals surface area contributed by atoms with Crippen molar-refractivity contribution in [1.29, 1.82) is 0 Å². The fourth-order valence-electron chi connectivity index (χ4n) is 2.87. The van der Waals surface area contributed by atoms with Crippen LogP contribution in [0.1, 0.15) is 30.5 Å². The van der Waals surface area contributed by atoms with Crippen molar-refractivity contribution >= 4 is 29.0 Å². The van der Waals surface area contributed by atoms with Crippen molar-refractivity contribution in [2.45, 2.75) is 25.6 Å². The van der Waals surface area contributed by atoms with Crippen LogP contribution in [0.4, 0.5) is 19.0 Å². The zero-order chi connectivity index (χ0) is 21.3. The molecule has 0 saturated heterocycles. The van der Waals surface area contributed by atoms with E-state index < -0.39 is 34.4 Å². The van der Waals surface area contributed by atoms with E-state index in [4.69, 9.17) is 16.7 Å². The maximum Gasteiger partial charge on any atom is 0.417 e. The van der Waals surface area contributed by atoms with Gasteiger partial charge in [-0.2, -0.15) is 13.2 Å². The van der Waals surface area contributed by atoms with Crippen LogP contribution in [0.15, 0.2) is 41.5 Å². The van der Waals surface area contributed by atoms with Crippen molar-refractivity contribution in [2.75, 3.05) is 11.9 Å². The number of hydrogen-bond donors (Lipinski definition) is 2. The average molecular weight is 429 g/mol. The van der Waals surface area contributed by atoms with Crippen molar-refractivity contribution in [2.24, 2.45) is 0 Å². The first-order valence-electron chi connectivity index (χ1n) is 8.49. The lowest BCUT2D eigenvalue weighted by molar-refractivity contribution is -0.137. The van der Waals surface area contributed by atoms with Gasteiger partial charge in [0.2, 0.25) is 5.91 Å². The van der Waals surface area contributed by atoms with E-state index in [-0.39, 0.29) is 24.5 Å². The van der Waals surface area contributed by atoms with Gasteiger partial charge in [-0.15, -0.1) is 0 Å². The molecular formula is C18H16ClF3N4O3. The number of carbonyl (C=O) groups is 1. The predicted octanol–water partition coefficient (Wildman–Crippen LogP) is 3.10. The third-order valence-electron chi connectivity index (χ3n) is 4.39. The Morgan fingerprint density at radius 2 is 2.03 bits per heavy atom. The van der Waals surface area contributed by atoms with Gasteiger partial charge < -0.3 is 10.4 Å². The molecule has 3 aromatic rings. The van der Waals surface area contributed by atoms with Crippen LogP contribution >= 0.6 is 11.6 Å². The Kier molecular flexibility index (Phi) is 5.67. The molecule has 29 heavy (non-hydrogen) atoms. The highest BCUT2D eigenvalue weighted by atomic mass is 35.5. The number of fused-ring (bicyclic) bond motifs is 1. The molecule has 0 spiro atoms. The summed E-state index contributed by atoms with van der Waals surface area (Å²) >= 11 is 5.78. The molecule has 2 N–H and O–H groups in total. The largest absolute Gasteiger partial charge is 0.417 e. The summed E-state index contributed by atoms with van der Waals surface area (Å²) in [6.07, 6.45) is -3.45. The first kappa shape index (κ1) is 20.9. The molecule has 0 saturated carbocycles. The molecule has 2 heterocycles. The molecule has 1 amide bonds. The van der Waals surface area contributed by atoms with Crippen LogP contribution in [-0.4, -0.2) is 31.6 Å². The van der Waals surface area contributed by atoms with E-state index in [2.05, 4.69) is 10.3 Å². The Balaban J connectivity index is 2.01. The molecule has 154 valence electrons. The Labute approximate surface area is 167 Å². The second kappa shape index (κ2) is 7.88. The quantitative estimate of drug-likeness (QED) is 0.653. The molecule has 0 aliphatic carbocycles. The summed E-state index contributed by atoms with van der Waals surface area (Å²) in [5, 5.41) is 10.9. The first-order chi connectivity index (χ1) is 13.6. The fraction of sp³-hybridized carbons (Fsp3) is 0.278. The van der Waals surface area contributed by atoms with Crippen LogP contribution in [0, 0.1) is 0 Å². The van der Waals surface area contributed by atoms with Crippen LogP contribution in [0.2, 0.25) is 5.02 Å². The summed E-state index contributed by atoms with van der Waals surface area (Å²) < 4.78 is 41.1. The summed E-state index contributed by atoms with van der Waals surface area (Å²) in [6.45, 7) is 1.27. The molecule has 0 bridgehead atoms. The van der Waals surface area contributed by atoms with E-state index in [1.807, 2.05) is 0 Å². The van der Waals surface area contributed by atoms with Gasteiger partial charge in [0.15, 0.2) is 0 Å². The van der Waals surface area contributed by atoms with Gasteiger partial charge in [-0.25, -0.2) is 14.2 Å². The summed E-state index contributed by atoms with van der Waals surface area (Å²) in [7, 11) is 0. The van der Waals surface area contributed by atoms with Crippen LogP contribution in [0.25, 0.3) is 5.65 Å². The van der Waals surface area contributed by atoms with Crippen LogP contribution < -0.4 is 11.0 Å². The lowest BCUT2D eigenvalue weighted by atomic mass is 10.1. The predicted molar refractivity (Wildman–Crippen MR) is 100 cm³/mol. The minimum Gasteiger partial charge on any atom is -0.396 e. The van der Waals surface area contributed by atoms with Gasteiger partial charge >= 0.3 is 11.9 Å². The number of nitrogens with zero attached hydrogens (tertiary/aromatic N) is 3. The van der Waals surface area contributed by atoms with Crippen molar-refractivity contribution in [3.8, 4) is 0 Å². The number of aliphatic hydroxyl groups is 1. The highest BCUT2D eigenvalue weighted by Crippen LogP contribution is 2.36. The number of hydrogen-bond acceptors (Lipinski definition) is 4. The van der Waals surface area contributed by atoms with Crippen molar-refractivity contribution in [3.63, 3.8) is 0 Å². The van der Waals surface area contributed by atoms with Crippen molar-refractivity contribution < 1.29 is 23.1 Å². The molecule has 1 unspecified atom stereocenters. The van der Waals surface area contributed by atoms with Crippen molar-refractivity contribution in [1.82, 2.24) is 14.0 Å². The Morgan fingerprint density at radius 3 is 2.66 bits per heavy atom. The average Bonchev–Trinajstić information content (AvgIpc) is 3.04. The second-order valence-corrected chi connectivity index (χ2v) is 6.69. The minimum absolute atomic E-state index is 0.137. The normalized spacial score (nSPS) is 12.9. The summed E-state index contributed by atoms with van der Waals surface area (Å²) in [5.41, 5.74) is -0.856. The lowest BCUT2D eigenvalue weighted by Crippen LogP contribution is -2.31. The number of nitrogens with one attached hydrogen (secondary N) is 1. The summed E-state index contributed by atoms with van der Waals surface area (Å²) in [4.78, 5) is 28.8. The van der Waals surface area contributed by atoms with Gasteiger partial charge in [0.25, 0.3) is 0 Å². The smallest absolute Gasteiger partial charge is 0.396 e. The Hall–Kier alpha value is -2.85. The fourth-order valence-corrected chi connectivity index (χ4v) is 3.16. The van der Waals surface area contributed by atoms with Crippen LogP contribution in [-0.2, 0) is 11.0 Å². The molecule has 1 atom stereocenters. The van der Waals surface area contributed by atoms with Gasteiger partial charge in [-0.3, -0.25) is 9.36 Å². The number of amides is 1. The maximum atomic E-state index is 12.9. The monoisotopic (exact) mass is 428 g/mol.